The molecule has 1 aromatic carbocycles. The highest BCUT2D eigenvalue weighted by atomic mass is 35.5. The Balaban J connectivity index is 2.45. The third-order valence-electron chi connectivity index (χ3n) is 2.58. The number of nitro groups is 1. The average molecular weight is 317 g/mol. The fraction of sp³-hybridized carbons (Fsp3) is 0.462. The fourth-order valence-electron chi connectivity index (χ4n) is 1.57. The Labute approximate surface area is 127 Å². The highest BCUT2D eigenvalue weighted by Gasteiger charge is 2.19. The van der Waals surface area contributed by atoms with Gasteiger partial charge in [-0.3, -0.25) is 14.9 Å². The number of hydrogen-bond donors (Lipinski definition) is 1. The molecule has 21 heavy (non-hydrogen) atoms. The van der Waals surface area contributed by atoms with Gasteiger partial charge < -0.3 is 14.8 Å². The molecule has 0 saturated heterocycles. The van der Waals surface area contributed by atoms with E-state index in [1.165, 1.54) is 18.2 Å². The Hall–Kier alpha value is -1.70. The number of hydrogen-bond acceptors (Lipinski definition) is 5. The number of methoxy groups -OCH3 is 1. The van der Waals surface area contributed by atoms with E-state index in [4.69, 9.17) is 21.1 Å². The number of nitrogens with one attached hydrogen (secondary N) is 1. The summed E-state index contributed by atoms with van der Waals surface area (Å²) < 4.78 is 10.1. The number of benzene rings is 1. The highest BCUT2D eigenvalue weighted by Crippen LogP contribution is 2.22. The molecule has 7 nitrogen and oxygen atoms in total. The molecule has 0 aromatic heterocycles. The van der Waals surface area contributed by atoms with Gasteiger partial charge in [0.1, 0.15) is 5.56 Å². The standard InChI is InChI=1S/C13H17ClN2O5/c1-20-7-8-21-6-2-5-15-13(17)11-9-10(14)3-4-12(11)16(18)19/h3-4,9H,2,5-8H2,1H3,(H,15,17). The quantitative estimate of drug-likeness (QED) is 0.427. The van der Waals surface area contributed by atoms with Gasteiger partial charge in [0.15, 0.2) is 0 Å². The molecule has 0 bridgehead atoms. The molecule has 0 fully saturated rings. The monoisotopic (exact) mass is 316 g/mol. The number of nitrogens with zero attached hydrogens (tertiary/aromatic N) is 1. The van der Waals surface area contributed by atoms with Crippen LogP contribution in [-0.2, 0) is 9.47 Å². The van der Waals surface area contributed by atoms with E-state index < -0.39 is 10.8 Å². The van der Waals surface area contributed by atoms with Gasteiger partial charge in [0, 0.05) is 31.4 Å². The van der Waals surface area contributed by atoms with Crippen LogP contribution in [-0.4, -0.2) is 44.3 Å². The molecular weight excluding hydrogens is 300 g/mol. The first-order valence-corrected chi connectivity index (χ1v) is 6.73. The van der Waals surface area contributed by atoms with Gasteiger partial charge in [-0.25, -0.2) is 0 Å². The van der Waals surface area contributed by atoms with Gasteiger partial charge in [0.25, 0.3) is 11.6 Å². The second-order valence-corrected chi connectivity index (χ2v) is 4.57. The van der Waals surface area contributed by atoms with Crippen LogP contribution in [0, 0.1) is 10.1 Å². The summed E-state index contributed by atoms with van der Waals surface area (Å²) in [7, 11) is 1.58. The molecule has 8 heteroatoms. The van der Waals surface area contributed by atoms with Crippen molar-refractivity contribution in [3.63, 3.8) is 0 Å². The van der Waals surface area contributed by atoms with E-state index in [1.807, 2.05) is 0 Å². The lowest BCUT2D eigenvalue weighted by atomic mass is 10.1. The largest absolute Gasteiger partial charge is 0.382 e. The molecule has 1 rings (SSSR count). The maximum atomic E-state index is 11.9. The van der Waals surface area contributed by atoms with Crippen LogP contribution in [0.3, 0.4) is 0 Å². The molecule has 0 aliphatic carbocycles. The fourth-order valence-corrected chi connectivity index (χ4v) is 1.74. The van der Waals surface area contributed by atoms with Crippen LogP contribution in [0.4, 0.5) is 5.69 Å². The van der Waals surface area contributed by atoms with E-state index in [0.717, 1.165) is 0 Å². The van der Waals surface area contributed by atoms with Gasteiger partial charge in [-0.15, -0.1) is 0 Å². The molecule has 0 heterocycles. The maximum absolute atomic E-state index is 11.9. The molecule has 1 amide bonds. The Kier molecular flexibility index (Phi) is 7.66. The van der Waals surface area contributed by atoms with E-state index in [0.29, 0.717) is 32.8 Å². The lowest BCUT2D eigenvalue weighted by Gasteiger charge is -2.07. The van der Waals surface area contributed by atoms with E-state index >= 15 is 0 Å². The third kappa shape index (κ3) is 6.07. The van der Waals surface area contributed by atoms with Crippen molar-refractivity contribution >= 4 is 23.2 Å². The van der Waals surface area contributed by atoms with E-state index in [1.54, 1.807) is 7.11 Å². The second-order valence-electron chi connectivity index (χ2n) is 4.13. The van der Waals surface area contributed by atoms with Gasteiger partial charge in [-0.05, 0) is 18.6 Å². The first-order chi connectivity index (χ1) is 10.1. The molecule has 0 saturated carbocycles. The lowest BCUT2D eigenvalue weighted by Crippen LogP contribution is -2.26. The van der Waals surface area contributed by atoms with Crippen molar-refractivity contribution in [2.24, 2.45) is 0 Å². The van der Waals surface area contributed by atoms with Crippen molar-refractivity contribution in [1.29, 1.82) is 0 Å². The first-order valence-electron chi connectivity index (χ1n) is 6.35. The Bertz CT molecular complexity index is 495. The van der Waals surface area contributed by atoms with Crippen LogP contribution in [0.2, 0.25) is 5.02 Å². The van der Waals surface area contributed by atoms with Crippen molar-refractivity contribution in [3.05, 3.63) is 38.9 Å². The van der Waals surface area contributed by atoms with Crippen LogP contribution in [0.25, 0.3) is 0 Å². The maximum Gasteiger partial charge on any atom is 0.282 e. The van der Waals surface area contributed by atoms with E-state index in [-0.39, 0.29) is 16.3 Å². The molecule has 116 valence electrons. The van der Waals surface area contributed by atoms with Gasteiger partial charge in [-0.1, -0.05) is 11.6 Å². The number of ether oxygens (including phenoxy) is 2. The number of carbonyl (C=O) groups is 1. The summed E-state index contributed by atoms with van der Waals surface area (Å²) in [6.45, 7) is 1.84. The summed E-state index contributed by atoms with van der Waals surface area (Å²) in [6, 6.07) is 3.87. The Morgan fingerprint density at radius 2 is 2.14 bits per heavy atom. The number of nitro benzene ring substituents is 1. The summed E-state index contributed by atoms with van der Waals surface area (Å²) in [6.07, 6.45) is 0.601. The summed E-state index contributed by atoms with van der Waals surface area (Å²) >= 11 is 5.76. The molecule has 0 unspecified atom stereocenters. The first kappa shape index (κ1) is 17.4. The van der Waals surface area contributed by atoms with Crippen LogP contribution in [0.15, 0.2) is 18.2 Å². The minimum atomic E-state index is -0.612. The Morgan fingerprint density at radius 3 is 2.81 bits per heavy atom. The minimum absolute atomic E-state index is 0.0483. The van der Waals surface area contributed by atoms with Gasteiger partial charge in [-0.2, -0.15) is 0 Å². The normalized spacial score (nSPS) is 10.4. The summed E-state index contributed by atoms with van der Waals surface area (Å²) in [5.41, 5.74) is -0.318. The summed E-state index contributed by atoms with van der Waals surface area (Å²) in [4.78, 5) is 22.2. The molecule has 0 spiro atoms. The SMILES string of the molecule is COCCOCCCNC(=O)c1cc(Cl)ccc1[N+](=O)[O-]. The second kappa shape index (κ2) is 9.28. The smallest absolute Gasteiger partial charge is 0.282 e. The Morgan fingerprint density at radius 1 is 1.38 bits per heavy atom. The topological polar surface area (TPSA) is 90.7 Å². The number of amides is 1. The molecule has 1 N–H and O–H groups in total. The lowest BCUT2D eigenvalue weighted by molar-refractivity contribution is -0.385. The molecule has 0 atom stereocenters. The van der Waals surface area contributed by atoms with Crippen molar-refractivity contribution in [3.8, 4) is 0 Å². The highest BCUT2D eigenvalue weighted by molar-refractivity contribution is 6.31. The molecule has 1 aromatic rings. The molecule has 0 radical (unpaired) electrons. The number of rotatable bonds is 9. The molecule has 0 aliphatic rings. The van der Waals surface area contributed by atoms with Crippen LogP contribution in [0.1, 0.15) is 16.8 Å². The van der Waals surface area contributed by atoms with E-state index in [2.05, 4.69) is 5.32 Å². The third-order valence-corrected chi connectivity index (χ3v) is 2.82. The van der Waals surface area contributed by atoms with E-state index in [9.17, 15) is 14.9 Å². The molecular formula is C13H17ClN2O5. The minimum Gasteiger partial charge on any atom is -0.382 e. The van der Waals surface area contributed by atoms with Gasteiger partial charge in [0.05, 0.1) is 18.1 Å². The van der Waals surface area contributed by atoms with Gasteiger partial charge >= 0.3 is 0 Å². The van der Waals surface area contributed by atoms with Gasteiger partial charge in [0.2, 0.25) is 0 Å². The van der Waals surface area contributed by atoms with Crippen molar-refractivity contribution in [2.45, 2.75) is 6.42 Å². The van der Waals surface area contributed by atoms with Crippen LogP contribution in [0.5, 0.6) is 0 Å². The zero-order valence-corrected chi connectivity index (χ0v) is 12.4. The van der Waals surface area contributed by atoms with Crippen LogP contribution < -0.4 is 5.32 Å². The predicted molar refractivity (Wildman–Crippen MR) is 77.8 cm³/mol. The summed E-state index contributed by atoms with van der Waals surface area (Å²) in [5, 5.41) is 13.7. The molecule has 0 aliphatic heterocycles. The number of carbonyl (C=O) groups excluding carboxylic acids is 1. The average Bonchev–Trinajstić information content (AvgIpc) is 2.45. The zero-order chi connectivity index (χ0) is 15.7. The van der Waals surface area contributed by atoms with Crippen molar-refractivity contribution < 1.29 is 19.2 Å². The summed E-state index contributed by atoms with van der Waals surface area (Å²) in [5.74, 6) is -0.527. The van der Waals surface area contributed by atoms with Crippen LogP contribution >= 0.6 is 11.6 Å². The number of halogens is 1. The van der Waals surface area contributed by atoms with Crippen molar-refractivity contribution in [2.75, 3.05) is 33.5 Å². The zero-order valence-electron chi connectivity index (χ0n) is 11.6. The predicted octanol–water partition coefficient (Wildman–Crippen LogP) is 2.03. The van der Waals surface area contributed by atoms with Crippen molar-refractivity contribution in [1.82, 2.24) is 5.32 Å².